The predicted octanol–water partition coefficient (Wildman–Crippen LogP) is 3.44. The molecule has 0 aliphatic heterocycles. The Bertz CT molecular complexity index is 690. The lowest BCUT2D eigenvalue weighted by atomic mass is 10.0. The van der Waals surface area contributed by atoms with E-state index in [2.05, 4.69) is 5.32 Å². The summed E-state index contributed by atoms with van der Waals surface area (Å²) >= 11 is 0. The molecule has 0 bridgehead atoms. The van der Waals surface area contributed by atoms with Crippen molar-refractivity contribution in [3.05, 3.63) is 58.7 Å². The molecule has 0 saturated carbocycles. The van der Waals surface area contributed by atoms with Gasteiger partial charge in [0.05, 0.1) is 16.8 Å². The fourth-order valence-corrected chi connectivity index (χ4v) is 2.05. The number of aromatic carboxylic acids is 2. The van der Waals surface area contributed by atoms with Crippen LogP contribution in [0.2, 0.25) is 0 Å². The molecule has 5 heteroatoms. The number of carbonyl (C=O) groups is 2. The van der Waals surface area contributed by atoms with Gasteiger partial charge in [-0.05, 0) is 43.2 Å². The lowest BCUT2D eigenvalue weighted by Gasteiger charge is -2.15. The fraction of sp³-hybridized carbons (Fsp3) is 0.125. The molecule has 108 valence electrons. The molecule has 0 spiro atoms. The molecule has 0 aliphatic rings. The lowest BCUT2D eigenvalue weighted by molar-refractivity contribution is 0.0696. The summed E-state index contributed by atoms with van der Waals surface area (Å²) in [7, 11) is 0. The molecule has 0 aliphatic carbocycles. The highest BCUT2D eigenvalue weighted by atomic mass is 16.4. The Balaban J connectivity index is 2.59. The number of benzene rings is 2. The zero-order valence-corrected chi connectivity index (χ0v) is 11.7. The van der Waals surface area contributed by atoms with Gasteiger partial charge >= 0.3 is 11.9 Å². The van der Waals surface area contributed by atoms with Gasteiger partial charge in [-0.15, -0.1) is 0 Å². The summed E-state index contributed by atoms with van der Waals surface area (Å²) < 4.78 is 0. The molecule has 0 aromatic heterocycles. The second-order valence-electron chi connectivity index (χ2n) is 4.78. The van der Waals surface area contributed by atoms with Crippen LogP contribution in [0.5, 0.6) is 0 Å². The van der Waals surface area contributed by atoms with Crippen LogP contribution < -0.4 is 5.32 Å². The zero-order chi connectivity index (χ0) is 15.6. The lowest BCUT2D eigenvalue weighted by Crippen LogP contribution is -2.09. The first-order valence-electron chi connectivity index (χ1n) is 6.34. The van der Waals surface area contributed by atoms with Crippen molar-refractivity contribution in [2.45, 2.75) is 13.8 Å². The predicted molar refractivity (Wildman–Crippen MR) is 79.6 cm³/mol. The van der Waals surface area contributed by atoms with E-state index in [9.17, 15) is 19.8 Å². The highest BCUT2D eigenvalue weighted by Gasteiger charge is 2.18. The van der Waals surface area contributed by atoms with Crippen molar-refractivity contribution in [2.24, 2.45) is 0 Å². The number of anilines is 2. The standard InChI is InChI=1S/C16H15NO4/c1-9-6-7-10(2)13(8-9)17-14-11(15(18)19)4-3-5-12(14)16(20)21/h3-8,17H,1-2H3,(H,18,19)(H,20,21). The third kappa shape index (κ3) is 3.02. The number of carboxylic acids is 2. The average Bonchev–Trinajstić information content (AvgIpc) is 2.42. The first-order chi connectivity index (χ1) is 9.90. The average molecular weight is 285 g/mol. The maximum atomic E-state index is 11.3. The van der Waals surface area contributed by atoms with Crippen molar-refractivity contribution >= 4 is 23.3 Å². The number of rotatable bonds is 4. The van der Waals surface area contributed by atoms with Crippen LogP contribution in [-0.2, 0) is 0 Å². The van der Waals surface area contributed by atoms with Crippen molar-refractivity contribution in [1.29, 1.82) is 0 Å². The molecule has 21 heavy (non-hydrogen) atoms. The molecule has 2 aromatic carbocycles. The second-order valence-corrected chi connectivity index (χ2v) is 4.78. The maximum absolute atomic E-state index is 11.3. The first-order valence-corrected chi connectivity index (χ1v) is 6.34. The van der Waals surface area contributed by atoms with Crippen molar-refractivity contribution < 1.29 is 19.8 Å². The highest BCUT2D eigenvalue weighted by Crippen LogP contribution is 2.28. The largest absolute Gasteiger partial charge is 0.478 e. The Morgan fingerprint density at radius 1 is 0.952 bits per heavy atom. The number of carboxylic acid groups (broad SMARTS) is 2. The van der Waals surface area contributed by atoms with E-state index in [-0.39, 0.29) is 16.8 Å². The van der Waals surface area contributed by atoms with Gasteiger partial charge in [0.1, 0.15) is 0 Å². The second kappa shape index (κ2) is 5.66. The van der Waals surface area contributed by atoms with Crippen molar-refractivity contribution in [3.63, 3.8) is 0 Å². The molecule has 0 unspecified atom stereocenters. The van der Waals surface area contributed by atoms with Gasteiger partial charge in [0.2, 0.25) is 0 Å². The zero-order valence-electron chi connectivity index (χ0n) is 11.7. The van der Waals surface area contributed by atoms with Gasteiger partial charge in [-0.25, -0.2) is 9.59 Å². The van der Waals surface area contributed by atoms with E-state index in [1.165, 1.54) is 18.2 Å². The van der Waals surface area contributed by atoms with E-state index in [0.717, 1.165) is 11.1 Å². The third-order valence-electron chi connectivity index (χ3n) is 3.18. The Hall–Kier alpha value is -2.82. The van der Waals surface area contributed by atoms with E-state index in [0.29, 0.717) is 5.69 Å². The number of para-hydroxylation sites is 1. The van der Waals surface area contributed by atoms with Crippen LogP contribution in [0.1, 0.15) is 31.8 Å². The molecule has 5 nitrogen and oxygen atoms in total. The molecule has 0 amide bonds. The SMILES string of the molecule is Cc1ccc(C)c(Nc2c(C(=O)O)cccc2C(=O)O)c1. The topological polar surface area (TPSA) is 86.6 Å². The normalized spacial score (nSPS) is 10.2. The van der Waals surface area contributed by atoms with Crippen LogP contribution in [0.15, 0.2) is 36.4 Å². The number of nitrogens with one attached hydrogen (secondary N) is 1. The van der Waals surface area contributed by atoms with Gasteiger partial charge < -0.3 is 15.5 Å². The molecular weight excluding hydrogens is 270 g/mol. The Morgan fingerprint density at radius 2 is 1.52 bits per heavy atom. The third-order valence-corrected chi connectivity index (χ3v) is 3.18. The molecule has 3 N–H and O–H groups in total. The van der Waals surface area contributed by atoms with Gasteiger partial charge in [-0.1, -0.05) is 18.2 Å². The Kier molecular flexibility index (Phi) is 3.93. The summed E-state index contributed by atoms with van der Waals surface area (Å²) in [6.45, 7) is 3.78. The Morgan fingerprint density at radius 3 is 2.05 bits per heavy atom. The summed E-state index contributed by atoms with van der Waals surface area (Å²) in [5.41, 5.74) is 2.52. The van der Waals surface area contributed by atoms with E-state index in [4.69, 9.17) is 0 Å². The van der Waals surface area contributed by atoms with E-state index in [1.54, 1.807) is 0 Å². The minimum atomic E-state index is -1.18. The van der Waals surface area contributed by atoms with Gasteiger partial charge in [-0.2, -0.15) is 0 Å². The van der Waals surface area contributed by atoms with Crippen molar-refractivity contribution in [3.8, 4) is 0 Å². The fourth-order valence-electron chi connectivity index (χ4n) is 2.05. The molecule has 2 rings (SSSR count). The van der Waals surface area contributed by atoms with Gasteiger partial charge in [-0.3, -0.25) is 0 Å². The van der Waals surface area contributed by atoms with Crippen LogP contribution in [-0.4, -0.2) is 22.2 Å². The molecule has 0 saturated heterocycles. The molecular formula is C16H15NO4. The maximum Gasteiger partial charge on any atom is 0.337 e. The minimum absolute atomic E-state index is 0.0733. The van der Waals surface area contributed by atoms with Crippen LogP contribution in [0.3, 0.4) is 0 Å². The minimum Gasteiger partial charge on any atom is -0.478 e. The van der Waals surface area contributed by atoms with Crippen molar-refractivity contribution in [2.75, 3.05) is 5.32 Å². The number of hydrogen-bond donors (Lipinski definition) is 3. The summed E-state index contributed by atoms with van der Waals surface area (Å²) in [6, 6.07) is 9.84. The smallest absolute Gasteiger partial charge is 0.337 e. The number of hydrogen-bond acceptors (Lipinski definition) is 3. The first kappa shape index (κ1) is 14.6. The van der Waals surface area contributed by atoms with E-state index < -0.39 is 11.9 Å². The van der Waals surface area contributed by atoms with Crippen LogP contribution >= 0.6 is 0 Å². The Labute approximate surface area is 121 Å². The quantitative estimate of drug-likeness (QED) is 0.801. The van der Waals surface area contributed by atoms with Crippen LogP contribution in [0.4, 0.5) is 11.4 Å². The molecule has 2 aromatic rings. The van der Waals surface area contributed by atoms with Crippen LogP contribution in [0, 0.1) is 13.8 Å². The summed E-state index contributed by atoms with van der Waals surface area (Å²) in [4.78, 5) is 22.6. The van der Waals surface area contributed by atoms with Gasteiger partial charge in [0, 0.05) is 5.69 Å². The van der Waals surface area contributed by atoms with Crippen LogP contribution in [0.25, 0.3) is 0 Å². The van der Waals surface area contributed by atoms with Gasteiger partial charge in [0.15, 0.2) is 0 Å². The summed E-state index contributed by atoms with van der Waals surface area (Å²) in [5, 5.41) is 21.4. The number of aryl methyl sites for hydroxylation is 2. The summed E-state index contributed by atoms with van der Waals surface area (Å²) in [6.07, 6.45) is 0. The van der Waals surface area contributed by atoms with Crippen molar-refractivity contribution in [1.82, 2.24) is 0 Å². The molecule has 0 radical (unpaired) electrons. The van der Waals surface area contributed by atoms with Gasteiger partial charge in [0.25, 0.3) is 0 Å². The molecule has 0 atom stereocenters. The molecule has 0 fully saturated rings. The van der Waals surface area contributed by atoms with E-state index >= 15 is 0 Å². The van der Waals surface area contributed by atoms with E-state index in [1.807, 2.05) is 32.0 Å². The molecule has 0 heterocycles. The monoisotopic (exact) mass is 285 g/mol. The summed E-state index contributed by atoms with van der Waals surface area (Å²) in [5.74, 6) is -2.35. The highest BCUT2D eigenvalue weighted by molar-refractivity contribution is 6.04.